The summed E-state index contributed by atoms with van der Waals surface area (Å²) in [6.45, 7) is 0. The van der Waals surface area contributed by atoms with Crippen molar-refractivity contribution in [2.75, 3.05) is 0 Å². The molecule has 0 N–H and O–H groups in total. The predicted octanol–water partition coefficient (Wildman–Crippen LogP) is -1.10. The van der Waals surface area contributed by atoms with Gasteiger partial charge in [-0.3, -0.25) is 4.98 Å². The summed E-state index contributed by atoms with van der Waals surface area (Å²) in [5.41, 5.74) is -0.977. The molecule has 0 aliphatic heterocycles. The number of hydrogen-bond acceptors (Lipinski definition) is 1. The fourth-order valence-corrected chi connectivity index (χ4v) is 0.480. The summed E-state index contributed by atoms with van der Waals surface area (Å²) in [5, 5.41) is 0. The Morgan fingerprint density at radius 2 is 2.00 bits per heavy atom. The van der Waals surface area contributed by atoms with E-state index in [4.69, 9.17) is 0 Å². The quantitative estimate of drug-likeness (QED) is 0.369. The van der Waals surface area contributed by atoms with E-state index in [0.717, 1.165) is 6.20 Å². The van der Waals surface area contributed by atoms with Gasteiger partial charge in [0.15, 0.2) is 0 Å². The van der Waals surface area contributed by atoms with Crippen LogP contribution in [0.4, 0.5) is 13.2 Å². The van der Waals surface area contributed by atoms with Gasteiger partial charge < -0.3 is 0 Å². The molecule has 0 saturated carbocycles. The third kappa shape index (κ3) is 3.66. The van der Waals surface area contributed by atoms with Gasteiger partial charge in [-0.2, -0.15) is 19.2 Å². The molecule has 0 radical (unpaired) electrons. The van der Waals surface area contributed by atoms with Gasteiger partial charge in [0.2, 0.25) is 0 Å². The molecule has 0 spiro atoms. The number of halogens is 3. The molecule has 0 saturated heterocycles. The molecule has 0 amide bonds. The molecule has 0 aromatic carbocycles. The van der Waals surface area contributed by atoms with Gasteiger partial charge in [0, 0.05) is 0 Å². The van der Waals surface area contributed by atoms with Gasteiger partial charge >= 0.3 is 57.6 Å². The van der Waals surface area contributed by atoms with E-state index in [1.165, 1.54) is 12.1 Å². The fourth-order valence-electron chi connectivity index (χ4n) is 0.480. The van der Waals surface area contributed by atoms with Gasteiger partial charge in [0.1, 0.15) is 0 Å². The number of hydrogen-bond donors (Lipinski definition) is 0. The second kappa shape index (κ2) is 4.56. The van der Waals surface area contributed by atoms with E-state index >= 15 is 0 Å². The SMILES string of the molecule is FC(F)(F)c1[c-]cccn1.[K+]. The number of aromatic nitrogens is 1. The molecule has 1 aromatic heterocycles. The maximum absolute atomic E-state index is 11.7. The first kappa shape index (κ1) is 11.6. The molecule has 11 heavy (non-hydrogen) atoms. The summed E-state index contributed by atoms with van der Waals surface area (Å²) in [5.74, 6) is 0. The minimum atomic E-state index is -4.37. The van der Waals surface area contributed by atoms with Crippen molar-refractivity contribution in [3.05, 3.63) is 30.1 Å². The molecule has 0 fully saturated rings. The van der Waals surface area contributed by atoms with Crippen LogP contribution in [0.3, 0.4) is 0 Å². The summed E-state index contributed by atoms with van der Waals surface area (Å²) >= 11 is 0. The molecule has 0 aliphatic carbocycles. The zero-order valence-electron chi connectivity index (χ0n) is 5.81. The van der Waals surface area contributed by atoms with E-state index in [2.05, 4.69) is 4.98 Å². The van der Waals surface area contributed by atoms with Crippen LogP contribution >= 0.6 is 0 Å². The Morgan fingerprint density at radius 1 is 1.36 bits per heavy atom. The summed E-state index contributed by atoms with van der Waals surface area (Å²) in [7, 11) is 0. The first-order valence-electron chi connectivity index (χ1n) is 2.50. The fraction of sp³-hybridized carbons (Fsp3) is 0.167. The third-order valence-corrected chi connectivity index (χ3v) is 0.874. The molecular weight excluding hydrogens is 182 g/mol. The molecule has 0 unspecified atom stereocenters. The monoisotopic (exact) mass is 185 g/mol. The van der Waals surface area contributed by atoms with Crippen molar-refractivity contribution in [1.29, 1.82) is 0 Å². The van der Waals surface area contributed by atoms with Gasteiger partial charge in [-0.15, -0.1) is 0 Å². The van der Waals surface area contributed by atoms with Crippen LogP contribution in [0.15, 0.2) is 18.3 Å². The Bertz CT molecular complexity index is 209. The number of pyridine rings is 1. The zero-order chi connectivity index (χ0) is 7.61. The van der Waals surface area contributed by atoms with Crippen molar-refractivity contribution >= 4 is 0 Å². The summed E-state index contributed by atoms with van der Waals surface area (Å²) in [6, 6.07) is 4.53. The third-order valence-electron chi connectivity index (χ3n) is 0.874. The van der Waals surface area contributed by atoms with Crippen LogP contribution in [0.1, 0.15) is 5.69 Å². The van der Waals surface area contributed by atoms with Crippen molar-refractivity contribution < 1.29 is 64.6 Å². The van der Waals surface area contributed by atoms with E-state index in [9.17, 15) is 13.2 Å². The van der Waals surface area contributed by atoms with E-state index in [0.29, 0.717) is 0 Å². The van der Waals surface area contributed by atoms with E-state index in [-0.39, 0.29) is 51.4 Å². The normalized spacial score (nSPS) is 10.5. The van der Waals surface area contributed by atoms with Crippen molar-refractivity contribution in [3.8, 4) is 0 Å². The second-order valence-electron chi connectivity index (χ2n) is 1.63. The molecule has 1 aromatic rings. The first-order chi connectivity index (χ1) is 4.61. The smallest absolute Gasteiger partial charge is 0.291 e. The predicted molar refractivity (Wildman–Crippen MR) is 28.1 cm³/mol. The van der Waals surface area contributed by atoms with Gasteiger partial charge in [0.25, 0.3) is 0 Å². The molecule has 0 bridgehead atoms. The van der Waals surface area contributed by atoms with Crippen LogP contribution in [0, 0.1) is 6.07 Å². The van der Waals surface area contributed by atoms with Crippen LogP contribution in [0.2, 0.25) is 0 Å². The maximum Gasteiger partial charge on any atom is 1.00 e. The van der Waals surface area contributed by atoms with Crippen LogP contribution in [0.25, 0.3) is 0 Å². The molecule has 1 heterocycles. The van der Waals surface area contributed by atoms with Crippen molar-refractivity contribution in [3.63, 3.8) is 0 Å². The minimum Gasteiger partial charge on any atom is -0.291 e. The first-order valence-corrected chi connectivity index (χ1v) is 2.50. The average molecular weight is 185 g/mol. The summed E-state index contributed by atoms with van der Waals surface area (Å²) in [6.07, 6.45) is -3.29. The minimum absolute atomic E-state index is 0. The van der Waals surface area contributed by atoms with Gasteiger partial charge in [-0.25, -0.2) is 12.1 Å². The Kier molecular flexibility index (Phi) is 4.80. The second-order valence-corrected chi connectivity index (χ2v) is 1.63. The van der Waals surface area contributed by atoms with Crippen LogP contribution in [-0.4, -0.2) is 4.98 Å². The molecule has 5 heteroatoms. The topological polar surface area (TPSA) is 12.9 Å². The Hall–Kier alpha value is 0.576. The van der Waals surface area contributed by atoms with Crippen LogP contribution < -0.4 is 51.4 Å². The molecule has 1 nitrogen and oxygen atoms in total. The van der Waals surface area contributed by atoms with Crippen LogP contribution in [0.5, 0.6) is 0 Å². The van der Waals surface area contributed by atoms with Crippen molar-refractivity contribution in [1.82, 2.24) is 4.98 Å². The number of alkyl halides is 3. The summed E-state index contributed by atoms with van der Waals surface area (Å²) < 4.78 is 35.1. The van der Waals surface area contributed by atoms with Gasteiger partial charge in [-0.05, 0) is 0 Å². The number of nitrogens with zero attached hydrogens (tertiary/aromatic N) is 1. The largest absolute Gasteiger partial charge is 1.00 e. The zero-order valence-corrected chi connectivity index (χ0v) is 8.94. The van der Waals surface area contributed by atoms with Crippen molar-refractivity contribution in [2.24, 2.45) is 0 Å². The number of rotatable bonds is 0. The molecule has 0 aliphatic rings. The van der Waals surface area contributed by atoms with Gasteiger partial charge in [0.05, 0.1) is 5.69 Å². The Morgan fingerprint density at radius 3 is 2.27 bits per heavy atom. The van der Waals surface area contributed by atoms with Gasteiger partial charge in [-0.1, -0.05) is 6.20 Å². The van der Waals surface area contributed by atoms with Crippen molar-refractivity contribution in [2.45, 2.75) is 6.18 Å². The molecular formula is C6H3F3KN. The van der Waals surface area contributed by atoms with E-state index in [1.807, 2.05) is 6.07 Å². The summed E-state index contributed by atoms with van der Waals surface area (Å²) in [4.78, 5) is 3.07. The maximum atomic E-state index is 11.7. The van der Waals surface area contributed by atoms with Crippen LogP contribution in [-0.2, 0) is 6.18 Å². The molecule has 1 rings (SSSR count). The average Bonchev–Trinajstić information content (AvgIpc) is 1.88. The Balaban J connectivity index is 0.000001000. The molecule has 0 atom stereocenters. The molecule has 54 valence electrons. The Labute approximate surface area is 104 Å². The standard InChI is InChI=1S/C6H3F3N.K/c7-6(8,9)5-3-1-2-4-10-5;/h1-2,4H;/q-1;+1. The van der Waals surface area contributed by atoms with E-state index < -0.39 is 11.9 Å². The van der Waals surface area contributed by atoms with E-state index in [1.54, 1.807) is 0 Å².